The third-order valence-corrected chi connectivity index (χ3v) is 15.7. The topological polar surface area (TPSA) is 242 Å². The van der Waals surface area contributed by atoms with Crippen molar-refractivity contribution in [1.82, 2.24) is 41.0 Å². The Bertz CT molecular complexity index is 2770. The highest BCUT2D eigenvalue weighted by Gasteiger charge is 2.46. The molecule has 0 saturated carbocycles. The molecule has 6 N–H and O–H groups in total. The van der Waals surface area contributed by atoms with Crippen LogP contribution in [0.5, 0.6) is 5.75 Å². The molecule has 0 unspecified atom stereocenters. The van der Waals surface area contributed by atoms with Crippen LogP contribution >= 0.6 is 18.7 Å². The van der Waals surface area contributed by atoms with E-state index in [4.69, 9.17) is 21.1 Å². The number of hydrogen-bond donors (Lipinski definition) is 6. The van der Waals surface area contributed by atoms with E-state index in [1.165, 1.54) is 11.1 Å². The summed E-state index contributed by atoms with van der Waals surface area (Å²) >= 11 is 6.48. The molecule has 1 fully saturated rings. The van der Waals surface area contributed by atoms with E-state index in [-0.39, 0.29) is 37.1 Å². The summed E-state index contributed by atoms with van der Waals surface area (Å²) in [6.07, 6.45) is 6.01. The maximum absolute atomic E-state index is 14.3. The van der Waals surface area contributed by atoms with Gasteiger partial charge in [0.05, 0.1) is 36.8 Å². The Morgan fingerprint density at radius 1 is 0.910 bits per heavy atom. The number of amides is 5. The molecule has 1 aromatic heterocycles. The summed E-state index contributed by atoms with van der Waals surface area (Å²) in [5.74, 6) is -0.873. The predicted octanol–water partition coefficient (Wildman–Crippen LogP) is 8.54. The molecule has 0 bridgehead atoms. The van der Waals surface area contributed by atoms with Gasteiger partial charge in [-0.05, 0) is 106 Å². The standard InChI is InChI=1S/C57H80ClN10O9P/c1-12-42(38-23-17-16-18-24-38)64-56(74)77-54(73)45-33-40(35-68(45)53(72)50(57(4,5)6)65-52(71)37(3)59-7)61-48(69)27-19-14-13-15-20-28-49(70)67(8)30-29-39-32-46(76-9)44(31-36(39)2)63-55-60-34-41(58)51(66-55)62-43-25-21-22-26-47(43)78(10,11)75/h16-18,21-26,31-32,34,37,40,42,45,50,59H,12-15,19-20,27-30,33,35H2,1-11H3,(H,61,69)(H,64,74)(H,65,71)(H2,60,62,63,66)/t37-,40-,42+,45-,50+/m0/s1. The molecule has 2 heterocycles. The molecule has 21 heteroatoms. The number of para-hydroxylation sites is 1. The summed E-state index contributed by atoms with van der Waals surface area (Å²) in [7, 11) is 2.42. The molecule has 3 aromatic carbocycles. The summed E-state index contributed by atoms with van der Waals surface area (Å²) < 4.78 is 24.0. The molecular formula is C57H80ClN10O9P. The lowest BCUT2D eigenvalue weighted by atomic mass is 9.85. The summed E-state index contributed by atoms with van der Waals surface area (Å²) in [5, 5.41) is 18.9. The lowest BCUT2D eigenvalue weighted by Gasteiger charge is -2.35. The summed E-state index contributed by atoms with van der Waals surface area (Å²) in [5.41, 5.74) is 3.36. The minimum Gasteiger partial charge on any atom is -0.495 e. The van der Waals surface area contributed by atoms with Crippen LogP contribution in [0.1, 0.15) is 115 Å². The molecule has 5 atom stereocenters. The van der Waals surface area contributed by atoms with Crippen molar-refractivity contribution in [3.63, 3.8) is 0 Å². The lowest BCUT2D eigenvalue weighted by Crippen LogP contribution is -2.59. The van der Waals surface area contributed by atoms with Crippen molar-refractivity contribution >= 4 is 82.9 Å². The van der Waals surface area contributed by atoms with Gasteiger partial charge in [-0.2, -0.15) is 4.98 Å². The average molecular weight is 1120 g/mol. The first kappa shape index (κ1) is 62.3. The van der Waals surface area contributed by atoms with Gasteiger partial charge in [0.15, 0.2) is 5.82 Å². The number of likely N-dealkylation sites (N-methyl/N-ethyl adjacent to an activating group) is 2. The first-order chi connectivity index (χ1) is 36.9. The van der Waals surface area contributed by atoms with Crippen LogP contribution < -0.4 is 41.9 Å². The van der Waals surface area contributed by atoms with Gasteiger partial charge in [0.2, 0.25) is 29.6 Å². The fourth-order valence-corrected chi connectivity index (χ4v) is 10.4. The molecule has 4 aromatic rings. The number of halogens is 1. The van der Waals surface area contributed by atoms with Crippen LogP contribution in [0.3, 0.4) is 0 Å². The molecule has 1 aliphatic heterocycles. The van der Waals surface area contributed by atoms with E-state index in [2.05, 4.69) is 41.9 Å². The number of hydrogen-bond acceptors (Lipinski definition) is 14. The van der Waals surface area contributed by atoms with Crippen molar-refractivity contribution in [3.8, 4) is 5.75 Å². The minimum atomic E-state index is -2.60. The maximum Gasteiger partial charge on any atom is 0.415 e. The number of nitrogens with one attached hydrogen (secondary N) is 6. The highest BCUT2D eigenvalue weighted by molar-refractivity contribution is 7.70. The number of alkyl carbamates (subject to hydrolysis) is 1. The van der Waals surface area contributed by atoms with Gasteiger partial charge in [-0.15, -0.1) is 0 Å². The molecule has 1 saturated heterocycles. The number of nitrogens with zero attached hydrogens (tertiary/aromatic N) is 4. The van der Waals surface area contributed by atoms with E-state index < -0.39 is 66.6 Å². The van der Waals surface area contributed by atoms with E-state index in [0.29, 0.717) is 71.9 Å². The first-order valence-corrected chi connectivity index (χ1v) is 29.7. The monoisotopic (exact) mass is 1110 g/mol. The Balaban J connectivity index is 1.08. The van der Waals surface area contributed by atoms with E-state index >= 15 is 0 Å². The Kier molecular flexibility index (Phi) is 23.1. The van der Waals surface area contributed by atoms with Gasteiger partial charge in [0, 0.05) is 50.7 Å². The number of methoxy groups -OCH3 is 1. The van der Waals surface area contributed by atoms with E-state index in [0.717, 1.165) is 36.0 Å². The minimum absolute atomic E-state index is 0.0143. The van der Waals surface area contributed by atoms with Crippen molar-refractivity contribution in [2.75, 3.05) is 58.3 Å². The van der Waals surface area contributed by atoms with Gasteiger partial charge >= 0.3 is 12.1 Å². The van der Waals surface area contributed by atoms with Crippen LogP contribution in [-0.4, -0.2) is 127 Å². The quantitative estimate of drug-likeness (QED) is 0.0149. The van der Waals surface area contributed by atoms with Gasteiger partial charge in [-0.25, -0.2) is 14.6 Å². The second kappa shape index (κ2) is 28.9. The van der Waals surface area contributed by atoms with Gasteiger partial charge in [-0.1, -0.05) is 101 Å². The van der Waals surface area contributed by atoms with E-state index in [1.54, 1.807) is 67.1 Å². The molecule has 5 amide bonds. The second-order valence-electron chi connectivity index (χ2n) is 21.4. The number of aryl methyl sites for hydroxylation is 1. The van der Waals surface area contributed by atoms with Gasteiger partial charge < -0.3 is 55.7 Å². The molecule has 0 spiro atoms. The Morgan fingerprint density at radius 2 is 1.58 bits per heavy atom. The van der Waals surface area contributed by atoms with Crippen LogP contribution in [-0.2, 0) is 39.7 Å². The van der Waals surface area contributed by atoms with Crippen molar-refractivity contribution in [2.24, 2.45) is 5.41 Å². The molecule has 424 valence electrons. The predicted molar refractivity (Wildman–Crippen MR) is 307 cm³/mol. The smallest absolute Gasteiger partial charge is 0.415 e. The van der Waals surface area contributed by atoms with Gasteiger partial charge in [-0.3, -0.25) is 19.2 Å². The summed E-state index contributed by atoms with van der Waals surface area (Å²) in [6.45, 7) is 14.9. The van der Waals surface area contributed by atoms with E-state index in [9.17, 15) is 33.3 Å². The van der Waals surface area contributed by atoms with Gasteiger partial charge in [0.1, 0.15) is 30.0 Å². The second-order valence-corrected chi connectivity index (χ2v) is 25.0. The fraction of sp³-hybridized carbons (Fsp3) is 0.509. The third kappa shape index (κ3) is 18.0. The Morgan fingerprint density at radius 3 is 2.23 bits per heavy atom. The number of anilines is 4. The van der Waals surface area contributed by atoms with Crippen molar-refractivity contribution < 1.29 is 42.8 Å². The number of esters is 1. The number of benzene rings is 3. The van der Waals surface area contributed by atoms with Crippen LogP contribution in [0.15, 0.2) is 72.9 Å². The highest BCUT2D eigenvalue weighted by atomic mass is 35.5. The molecule has 78 heavy (non-hydrogen) atoms. The molecular weight excluding hydrogens is 1040 g/mol. The molecule has 19 nitrogen and oxygen atoms in total. The van der Waals surface area contributed by atoms with Crippen LogP contribution in [0.4, 0.5) is 27.9 Å². The van der Waals surface area contributed by atoms with Crippen molar-refractivity contribution in [1.29, 1.82) is 0 Å². The van der Waals surface area contributed by atoms with Crippen molar-refractivity contribution in [2.45, 2.75) is 136 Å². The summed E-state index contributed by atoms with van der Waals surface area (Å²) in [4.78, 5) is 92.7. The Hall–Kier alpha value is -6.56. The highest BCUT2D eigenvalue weighted by Crippen LogP contribution is 2.39. The van der Waals surface area contributed by atoms with Crippen molar-refractivity contribution in [3.05, 3.63) is 94.6 Å². The van der Waals surface area contributed by atoms with E-state index in [1.807, 2.05) is 80.6 Å². The number of ether oxygens (including phenoxy) is 2. The largest absolute Gasteiger partial charge is 0.495 e. The average Bonchev–Trinajstić information content (AvgIpc) is 3.84. The number of carbonyl (C=O) groups excluding carboxylic acids is 6. The van der Waals surface area contributed by atoms with Crippen LogP contribution in [0.2, 0.25) is 5.02 Å². The molecule has 0 aliphatic carbocycles. The summed E-state index contributed by atoms with van der Waals surface area (Å²) in [6, 6.07) is 16.6. The van der Waals surface area contributed by atoms with Crippen LogP contribution in [0.25, 0.3) is 0 Å². The fourth-order valence-electron chi connectivity index (χ4n) is 9.13. The van der Waals surface area contributed by atoms with Crippen LogP contribution in [0, 0.1) is 12.3 Å². The number of rotatable bonds is 26. The SMILES string of the molecule is CC[C@@H](NC(=O)OC(=O)[C@@H]1C[C@H](NC(=O)CCCCCCCC(=O)N(C)CCc2cc(OC)c(Nc3ncc(Cl)c(Nc4ccccc4P(C)(C)=O)n3)cc2C)CN1C(=O)[C@@H](NC(=O)[C@H](C)NC)C(C)(C)C)c1ccccc1. The normalized spacial score (nSPS) is 15.6. The number of aromatic nitrogens is 2. The number of carbonyl (C=O) groups is 6. The lowest BCUT2D eigenvalue weighted by molar-refractivity contribution is -0.151. The first-order valence-electron chi connectivity index (χ1n) is 26.7. The molecule has 5 rings (SSSR count). The molecule has 1 aliphatic rings. The third-order valence-electron chi connectivity index (χ3n) is 13.9. The zero-order valence-electron chi connectivity index (χ0n) is 47.1. The zero-order chi connectivity index (χ0) is 57.3. The Labute approximate surface area is 464 Å². The molecule has 0 radical (unpaired) electrons. The number of unbranched alkanes of at least 4 members (excludes halogenated alkanes) is 4. The maximum atomic E-state index is 14.3. The number of likely N-dealkylation sites (tertiary alicyclic amines) is 1. The zero-order valence-corrected chi connectivity index (χ0v) is 48.7. The van der Waals surface area contributed by atoms with Gasteiger partial charge in [0.25, 0.3) is 0 Å².